The van der Waals surface area contributed by atoms with E-state index in [2.05, 4.69) is 19.1 Å². The topological polar surface area (TPSA) is 30.2 Å². The first-order valence-electron chi connectivity index (χ1n) is 8.50. The smallest absolute Gasteiger partial charge is 0.351 e. The summed E-state index contributed by atoms with van der Waals surface area (Å²) >= 11 is 1.46. The Balaban J connectivity index is 2.01. The fourth-order valence-corrected chi connectivity index (χ4v) is 4.02. The Labute approximate surface area is 156 Å². The van der Waals surface area contributed by atoms with Crippen molar-refractivity contribution < 1.29 is 4.42 Å². The second kappa shape index (κ2) is 6.85. The van der Waals surface area contributed by atoms with Crippen molar-refractivity contribution in [1.29, 1.82) is 0 Å². The lowest BCUT2D eigenvalue weighted by Crippen LogP contribution is -2.05. The molecule has 0 fully saturated rings. The van der Waals surface area contributed by atoms with Gasteiger partial charge in [-0.2, -0.15) is 0 Å². The van der Waals surface area contributed by atoms with Gasteiger partial charge in [0, 0.05) is 15.8 Å². The summed E-state index contributed by atoms with van der Waals surface area (Å²) in [5.41, 5.74) is 4.47. The predicted octanol–water partition coefficient (Wildman–Crippen LogP) is 6.23. The summed E-state index contributed by atoms with van der Waals surface area (Å²) in [7, 11) is 0. The summed E-state index contributed by atoms with van der Waals surface area (Å²) in [4.78, 5) is 14.5. The van der Waals surface area contributed by atoms with E-state index in [9.17, 15) is 4.79 Å². The zero-order chi connectivity index (χ0) is 18.1. The molecular weight excluding hydrogens is 340 g/mol. The van der Waals surface area contributed by atoms with Gasteiger partial charge in [0.1, 0.15) is 10.5 Å². The summed E-state index contributed by atoms with van der Waals surface area (Å²) in [6.45, 7) is 4.02. The minimum absolute atomic E-state index is 0.295. The van der Waals surface area contributed by atoms with Crippen LogP contribution in [0.2, 0.25) is 0 Å². The lowest BCUT2D eigenvalue weighted by molar-refractivity contribution is 0.542. The largest absolute Gasteiger partial charge is 0.422 e. The first-order chi connectivity index (χ1) is 12.6. The highest BCUT2D eigenvalue weighted by atomic mass is 32.2. The molecule has 0 aliphatic carbocycles. The van der Waals surface area contributed by atoms with E-state index < -0.39 is 0 Å². The maximum atomic E-state index is 12.9. The third-order valence-electron chi connectivity index (χ3n) is 4.39. The summed E-state index contributed by atoms with van der Waals surface area (Å²) < 4.78 is 5.71. The molecule has 26 heavy (non-hydrogen) atoms. The van der Waals surface area contributed by atoms with Crippen LogP contribution in [-0.4, -0.2) is 0 Å². The van der Waals surface area contributed by atoms with Crippen LogP contribution in [0, 0.1) is 13.8 Å². The number of hydrogen-bond acceptors (Lipinski definition) is 3. The molecule has 1 aromatic heterocycles. The van der Waals surface area contributed by atoms with Crippen LogP contribution < -0.4 is 5.63 Å². The zero-order valence-corrected chi connectivity index (χ0v) is 15.5. The normalized spacial score (nSPS) is 11.0. The number of benzene rings is 3. The quantitative estimate of drug-likeness (QED) is 0.407. The summed E-state index contributed by atoms with van der Waals surface area (Å²) in [6.07, 6.45) is 0. The van der Waals surface area contributed by atoms with Gasteiger partial charge in [-0.15, -0.1) is 0 Å². The molecular formula is C23H18O2S. The van der Waals surface area contributed by atoms with Gasteiger partial charge in [0.05, 0.1) is 0 Å². The number of rotatable bonds is 3. The maximum absolute atomic E-state index is 12.9. The molecule has 3 aromatic carbocycles. The number of aryl methyl sites for hydroxylation is 2. The first-order valence-corrected chi connectivity index (χ1v) is 9.31. The lowest BCUT2D eigenvalue weighted by Gasteiger charge is -2.13. The first kappa shape index (κ1) is 16.7. The molecule has 0 radical (unpaired) electrons. The standard InChI is InChI=1S/C23H18O2S/c1-15-11-13-18(14-12-15)26-22-20(17-8-4-3-5-9-17)19-10-6-7-16(2)21(19)25-23(22)24/h3-14H,1-2H3. The second-order valence-corrected chi connectivity index (χ2v) is 7.41. The molecule has 128 valence electrons. The Morgan fingerprint density at radius 1 is 0.808 bits per heavy atom. The van der Waals surface area contributed by atoms with Crippen molar-refractivity contribution in [2.24, 2.45) is 0 Å². The van der Waals surface area contributed by atoms with E-state index in [1.54, 1.807) is 0 Å². The van der Waals surface area contributed by atoms with Gasteiger partial charge in [-0.1, -0.05) is 78.0 Å². The van der Waals surface area contributed by atoms with Crippen molar-refractivity contribution in [3.05, 3.63) is 94.3 Å². The van der Waals surface area contributed by atoms with Gasteiger partial charge in [-0.25, -0.2) is 4.79 Å². The fourth-order valence-electron chi connectivity index (χ4n) is 3.06. The van der Waals surface area contributed by atoms with Gasteiger partial charge in [-0.3, -0.25) is 0 Å². The Kier molecular flexibility index (Phi) is 4.39. The molecule has 3 heteroatoms. The van der Waals surface area contributed by atoms with E-state index in [-0.39, 0.29) is 5.63 Å². The van der Waals surface area contributed by atoms with Crippen LogP contribution in [0.5, 0.6) is 0 Å². The molecule has 0 unspecified atom stereocenters. The minimum Gasteiger partial charge on any atom is -0.422 e. The van der Waals surface area contributed by atoms with E-state index in [0.717, 1.165) is 27.0 Å². The average Bonchev–Trinajstić information content (AvgIpc) is 2.66. The van der Waals surface area contributed by atoms with Gasteiger partial charge in [0.25, 0.3) is 0 Å². The van der Waals surface area contributed by atoms with Crippen molar-refractivity contribution in [3.63, 3.8) is 0 Å². The highest BCUT2D eigenvalue weighted by Gasteiger charge is 2.18. The molecule has 0 saturated heterocycles. The lowest BCUT2D eigenvalue weighted by atomic mass is 10.0. The van der Waals surface area contributed by atoms with E-state index >= 15 is 0 Å². The van der Waals surface area contributed by atoms with E-state index in [4.69, 9.17) is 4.42 Å². The van der Waals surface area contributed by atoms with Crippen molar-refractivity contribution in [2.45, 2.75) is 23.6 Å². The number of para-hydroxylation sites is 1. The zero-order valence-electron chi connectivity index (χ0n) is 14.7. The maximum Gasteiger partial charge on any atom is 0.351 e. The van der Waals surface area contributed by atoms with Gasteiger partial charge in [0.2, 0.25) is 0 Å². The predicted molar refractivity (Wildman–Crippen MR) is 108 cm³/mol. The molecule has 0 aliphatic rings. The van der Waals surface area contributed by atoms with Crippen LogP contribution in [0.15, 0.2) is 91.8 Å². The molecule has 4 aromatic rings. The van der Waals surface area contributed by atoms with Gasteiger partial charge in [0.15, 0.2) is 0 Å². The van der Waals surface area contributed by atoms with Crippen LogP contribution in [0.4, 0.5) is 0 Å². The third-order valence-corrected chi connectivity index (χ3v) is 5.47. The van der Waals surface area contributed by atoms with Crippen molar-refractivity contribution in [2.75, 3.05) is 0 Å². The highest BCUT2D eigenvalue weighted by Crippen LogP contribution is 2.39. The average molecular weight is 358 g/mol. The number of hydrogen-bond donors (Lipinski definition) is 0. The van der Waals surface area contributed by atoms with Crippen LogP contribution in [-0.2, 0) is 0 Å². The molecule has 2 nitrogen and oxygen atoms in total. The molecule has 0 atom stereocenters. The molecule has 0 aliphatic heterocycles. The Bertz CT molecular complexity index is 1130. The summed E-state index contributed by atoms with van der Waals surface area (Å²) in [6, 6.07) is 24.2. The Morgan fingerprint density at radius 2 is 1.54 bits per heavy atom. The summed E-state index contributed by atoms with van der Waals surface area (Å²) in [5, 5.41) is 0.963. The summed E-state index contributed by atoms with van der Waals surface area (Å²) in [5.74, 6) is 0. The van der Waals surface area contributed by atoms with E-state index in [0.29, 0.717) is 10.5 Å². The van der Waals surface area contributed by atoms with E-state index in [1.165, 1.54) is 17.3 Å². The Hall–Kier alpha value is -2.78. The molecule has 0 amide bonds. The molecule has 0 N–H and O–H groups in total. The van der Waals surface area contributed by atoms with Crippen molar-refractivity contribution in [3.8, 4) is 11.1 Å². The van der Waals surface area contributed by atoms with Gasteiger partial charge < -0.3 is 4.42 Å². The van der Waals surface area contributed by atoms with Crippen molar-refractivity contribution >= 4 is 22.7 Å². The third kappa shape index (κ3) is 3.06. The van der Waals surface area contributed by atoms with Gasteiger partial charge in [-0.05, 0) is 37.1 Å². The number of fused-ring (bicyclic) bond motifs is 1. The van der Waals surface area contributed by atoms with Crippen LogP contribution in [0.1, 0.15) is 11.1 Å². The van der Waals surface area contributed by atoms with Crippen molar-refractivity contribution in [1.82, 2.24) is 0 Å². The Morgan fingerprint density at radius 3 is 2.27 bits per heavy atom. The van der Waals surface area contributed by atoms with Crippen LogP contribution >= 0.6 is 11.8 Å². The highest BCUT2D eigenvalue weighted by molar-refractivity contribution is 7.99. The second-order valence-electron chi connectivity index (χ2n) is 6.33. The molecule has 0 bridgehead atoms. The molecule has 4 rings (SSSR count). The van der Waals surface area contributed by atoms with Crippen LogP contribution in [0.25, 0.3) is 22.1 Å². The van der Waals surface area contributed by atoms with Crippen LogP contribution in [0.3, 0.4) is 0 Å². The van der Waals surface area contributed by atoms with Gasteiger partial charge >= 0.3 is 5.63 Å². The van der Waals surface area contributed by atoms with E-state index in [1.807, 2.05) is 67.6 Å². The molecule has 0 saturated carbocycles. The SMILES string of the molecule is Cc1ccc(Sc2c(-c3ccccc3)c3cccc(C)c3oc2=O)cc1. The minimum atomic E-state index is -0.295. The molecule has 1 heterocycles. The fraction of sp³-hybridized carbons (Fsp3) is 0.0870. The molecule has 0 spiro atoms. The monoisotopic (exact) mass is 358 g/mol.